The molecule has 0 saturated carbocycles. The minimum Gasteiger partial charge on any atom is -0.381 e. The van der Waals surface area contributed by atoms with Gasteiger partial charge in [0.1, 0.15) is 0 Å². The first-order valence-electron chi connectivity index (χ1n) is 12.9. The van der Waals surface area contributed by atoms with Crippen LogP contribution in [0.25, 0.3) is 0 Å². The van der Waals surface area contributed by atoms with Crippen LogP contribution >= 0.6 is 0 Å². The van der Waals surface area contributed by atoms with E-state index in [0.29, 0.717) is 6.10 Å². The van der Waals surface area contributed by atoms with E-state index in [2.05, 4.69) is 62.3 Å². The molecule has 0 aromatic heterocycles. The summed E-state index contributed by atoms with van der Waals surface area (Å²) >= 11 is 0. The lowest BCUT2D eigenvalue weighted by molar-refractivity contribution is -0.0299. The Kier molecular flexibility index (Phi) is 13.8. The molecule has 30 heavy (non-hydrogen) atoms. The lowest BCUT2D eigenvalue weighted by atomic mass is 9.81. The van der Waals surface area contributed by atoms with Crippen molar-refractivity contribution in [2.75, 3.05) is 33.0 Å². The number of hydrogen-bond donors (Lipinski definition) is 0. The van der Waals surface area contributed by atoms with Gasteiger partial charge in [-0.05, 0) is 80.0 Å². The van der Waals surface area contributed by atoms with Crippen LogP contribution in [0.4, 0.5) is 0 Å². The van der Waals surface area contributed by atoms with Gasteiger partial charge in [-0.25, -0.2) is 0 Å². The first-order chi connectivity index (χ1) is 14.1. The fourth-order valence-corrected chi connectivity index (χ4v) is 5.60. The van der Waals surface area contributed by atoms with E-state index in [-0.39, 0.29) is 0 Å². The van der Waals surface area contributed by atoms with Gasteiger partial charge in [-0.1, -0.05) is 55.4 Å². The minimum absolute atomic E-state index is 0.494. The molecular formula is C27H54O3. The summed E-state index contributed by atoms with van der Waals surface area (Å²) in [5, 5.41) is 0. The zero-order valence-corrected chi connectivity index (χ0v) is 21.8. The highest BCUT2D eigenvalue weighted by atomic mass is 16.5. The van der Waals surface area contributed by atoms with Crippen LogP contribution in [0.3, 0.4) is 0 Å². The Morgan fingerprint density at radius 2 is 1.00 bits per heavy atom. The first-order valence-corrected chi connectivity index (χ1v) is 12.9. The molecule has 3 saturated heterocycles. The van der Waals surface area contributed by atoms with Crippen molar-refractivity contribution >= 4 is 0 Å². The standard InChI is InChI=1S/3C9H18O/c2*1-7(2)9-4-5-10-6-8(9)3;1-7(2)9-5-4-6-10-8(9)3/h3*7-9H,4-6H2,1-3H3. The molecule has 3 nitrogen and oxygen atoms in total. The van der Waals surface area contributed by atoms with Crippen LogP contribution in [0.1, 0.15) is 88.0 Å². The molecule has 0 aromatic rings. The lowest BCUT2D eigenvalue weighted by Crippen LogP contribution is -2.30. The van der Waals surface area contributed by atoms with Crippen LogP contribution in [0, 0.1) is 47.3 Å². The molecule has 180 valence electrons. The van der Waals surface area contributed by atoms with Gasteiger partial charge in [0.2, 0.25) is 0 Å². The van der Waals surface area contributed by atoms with Crippen molar-refractivity contribution in [1.82, 2.24) is 0 Å². The Morgan fingerprint density at radius 1 is 0.567 bits per heavy atom. The molecule has 6 atom stereocenters. The summed E-state index contributed by atoms with van der Waals surface area (Å²) < 4.78 is 16.3. The molecule has 0 spiro atoms. The Balaban J connectivity index is 0.000000225. The van der Waals surface area contributed by atoms with E-state index in [1.807, 2.05) is 0 Å². The second-order valence-corrected chi connectivity index (χ2v) is 11.1. The average molecular weight is 427 g/mol. The van der Waals surface area contributed by atoms with Crippen molar-refractivity contribution in [2.45, 2.75) is 94.1 Å². The molecule has 0 aliphatic carbocycles. The lowest BCUT2D eigenvalue weighted by Gasteiger charge is -2.31. The molecule has 3 heterocycles. The van der Waals surface area contributed by atoms with Gasteiger partial charge in [0.05, 0.1) is 6.10 Å². The van der Waals surface area contributed by atoms with Crippen LogP contribution in [-0.2, 0) is 14.2 Å². The average Bonchev–Trinajstić information content (AvgIpc) is 2.69. The van der Waals surface area contributed by atoms with Crippen LogP contribution in [0.2, 0.25) is 0 Å². The molecule has 0 amide bonds. The van der Waals surface area contributed by atoms with E-state index in [4.69, 9.17) is 14.2 Å². The Labute approximate surface area is 189 Å². The fourth-order valence-electron chi connectivity index (χ4n) is 5.60. The van der Waals surface area contributed by atoms with Crippen LogP contribution in [0.5, 0.6) is 0 Å². The largest absolute Gasteiger partial charge is 0.381 e. The minimum atomic E-state index is 0.494. The third kappa shape index (κ3) is 10.0. The van der Waals surface area contributed by atoms with Crippen LogP contribution in [-0.4, -0.2) is 39.1 Å². The third-order valence-electron chi connectivity index (χ3n) is 7.65. The molecular weight excluding hydrogens is 372 g/mol. The Bertz CT molecular complexity index is 359. The van der Waals surface area contributed by atoms with Crippen molar-refractivity contribution < 1.29 is 14.2 Å². The topological polar surface area (TPSA) is 27.7 Å². The highest BCUT2D eigenvalue weighted by Crippen LogP contribution is 2.29. The van der Waals surface area contributed by atoms with Gasteiger partial charge in [-0.15, -0.1) is 0 Å². The molecule has 0 radical (unpaired) electrons. The third-order valence-corrected chi connectivity index (χ3v) is 7.65. The maximum atomic E-state index is 5.55. The van der Waals surface area contributed by atoms with Crippen molar-refractivity contribution in [3.8, 4) is 0 Å². The maximum absolute atomic E-state index is 5.55. The fraction of sp³-hybridized carbons (Fsp3) is 1.00. The molecule has 3 aliphatic heterocycles. The molecule has 0 N–H and O–H groups in total. The van der Waals surface area contributed by atoms with Crippen LogP contribution < -0.4 is 0 Å². The number of rotatable bonds is 3. The zero-order valence-electron chi connectivity index (χ0n) is 21.8. The quantitative estimate of drug-likeness (QED) is 0.482. The number of ether oxygens (including phenoxy) is 3. The monoisotopic (exact) mass is 426 g/mol. The first kappa shape index (κ1) is 27.9. The van der Waals surface area contributed by atoms with Gasteiger partial charge in [0.25, 0.3) is 0 Å². The van der Waals surface area contributed by atoms with E-state index in [1.165, 1.54) is 25.7 Å². The van der Waals surface area contributed by atoms with E-state index in [1.54, 1.807) is 0 Å². The molecule has 3 rings (SSSR count). The van der Waals surface area contributed by atoms with Gasteiger partial charge in [0.15, 0.2) is 0 Å². The van der Waals surface area contributed by atoms with Crippen LogP contribution in [0.15, 0.2) is 0 Å². The molecule has 0 bridgehead atoms. The molecule has 6 unspecified atom stereocenters. The van der Waals surface area contributed by atoms with E-state index in [0.717, 1.165) is 80.4 Å². The predicted octanol–water partition coefficient (Wildman–Crippen LogP) is 7.09. The van der Waals surface area contributed by atoms with Gasteiger partial charge in [0, 0.05) is 33.0 Å². The van der Waals surface area contributed by atoms with E-state index < -0.39 is 0 Å². The van der Waals surface area contributed by atoms with Crippen molar-refractivity contribution in [2.24, 2.45) is 47.3 Å². The van der Waals surface area contributed by atoms with Crippen molar-refractivity contribution in [1.29, 1.82) is 0 Å². The highest BCUT2D eigenvalue weighted by molar-refractivity contribution is 4.74. The summed E-state index contributed by atoms with van der Waals surface area (Å²) in [6.45, 7) is 25.5. The zero-order chi connectivity index (χ0) is 22.7. The summed E-state index contributed by atoms with van der Waals surface area (Å²) in [4.78, 5) is 0. The van der Waals surface area contributed by atoms with E-state index >= 15 is 0 Å². The smallest absolute Gasteiger partial charge is 0.0577 e. The van der Waals surface area contributed by atoms with Crippen molar-refractivity contribution in [3.63, 3.8) is 0 Å². The van der Waals surface area contributed by atoms with Crippen molar-refractivity contribution in [3.05, 3.63) is 0 Å². The summed E-state index contributed by atoms with van der Waals surface area (Å²) in [5.41, 5.74) is 0. The maximum Gasteiger partial charge on any atom is 0.0577 e. The second kappa shape index (κ2) is 14.9. The van der Waals surface area contributed by atoms with Gasteiger partial charge < -0.3 is 14.2 Å². The molecule has 3 fully saturated rings. The van der Waals surface area contributed by atoms with Gasteiger partial charge in [-0.3, -0.25) is 0 Å². The number of hydrogen-bond acceptors (Lipinski definition) is 3. The Hall–Kier alpha value is -0.120. The molecule has 3 heteroatoms. The SMILES string of the molecule is CC(C)C1CCCOC1C.CC(C)C1CCOCC1C.CC(C)C1CCOCC1C. The molecule has 3 aliphatic rings. The molecule has 0 aromatic carbocycles. The summed E-state index contributed by atoms with van der Waals surface area (Å²) in [6.07, 6.45) is 5.64. The highest BCUT2D eigenvalue weighted by Gasteiger charge is 2.25. The second-order valence-electron chi connectivity index (χ2n) is 11.1. The Morgan fingerprint density at radius 3 is 1.27 bits per heavy atom. The summed E-state index contributed by atoms with van der Waals surface area (Å²) in [5.74, 6) is 6.59. The normalized spacial score (nSPS) is 34.8. The van der Waals surface area contributed by atoms with Gasteiger partial charge in [-0.2, -0.15) is 0 Å². The predicted molar refractivity (Wildman–Crippen MR) is 129 cm³/mol. The summed E-state index contributed by atoms with van der Waals surface area (Å²) in [7, 11) is 0. The summed E-state index contributed by atoms with van der Waals surface area (Å²) in [6, 6.07) is 0. The van der Waals surface area contributed by atoms with Gasteiger partial charge >= 0.3 is 0 Å². The van der Waals surface area contributed by atoms with E-state index in [9.17, 15) is 0 Å².